The standard InChI is InChI=1S/C21H29N3S.2C2HF3O2/c1-18-5-6-20(25-18)17-24-14-9-21(10-15-24)7-12-23(13-8-21)16-19-4-2-3-11-22-19;2*3-2(4,5)1(6)7/h2-6,11H,7-10,12-17H2,1H3;2*(H,6,7). The van der Waals surface area contributed by atoms with Gasteiger partial charge in [-0.2, -0.15) is 26.3 Å². The lowest BCUT2D eigenvalue weighted by Crippen LogP contribution is -2.46. The molecule has 0 bridgehead atoms. The van der Waals surface area contributed by atoms with Crippen molar-refractivity contribution in [1.29, 1.82) is 0 Å². The molecule has 1 spiro atoms. The zero-order valence-corrected chi connectivity index (χ0v) is 22.1. The van der Waals surface area contributed by atoms with Gasteiger partial charge >= 0.3 is 24.3 Å². The highest BCUT2D eigenvalue weighted by atomic mass is 32.1. The summed E-state index contributed by atoms with van der Waals surface area (Å²) in [6.07, 6.45) is -2.76. The summed E-state index contributed by atoms with van der Waals surface area (Å²) in [6, 6.07) is 10.8. The number of thiophene rings is 1. The first kappa shape index (κ1) is 32.5. The van der Waals surface area contributed by atoms with Gasteiger partial charge in [-0.1, -0.05) is 6.07 Å². The maximum Gasteiger partial charge on any atom is 0.490 e. The minimum Gasteiger partial charge on any atom is -0.475 e. The number of hydrogen-bond acceptors (Lipinski definition) is 6. The van der Waals surface area contributed by atoms with Crippen LogP contribution < -0.4 is 0 Å². The van der Waals surface area contributed by atoms with Crippen LogP contribution >= 0.6 is 11.3 Å². The monoisotopic (exact) mass is 583 g/mol. The number of halogens is 6. The largest absolute Gasteiger partial charge is 0.490 e. The van der Waals surface area contributed by atoms with Crippen molar-refractivity contribution < 1.29 is 46.1 Å². The average Bonchev–Trinajstić information content (AvgIpc) is 3.27. The Morgan fingerprint density at radius 2 is 1.31 bits per heavy atom. The highest BCUT2D eigenvalue weighted by Crippen LogP contribution is 2.41. The molecule has 2 aliphatic rings. The molecule has 2 aromatic rings. The maximum atomic E-state index is 10.6. The van der Waals surface area contributed by atoms with Crippen molar-refractivity contribution in [2.75, 3.05) is 26.2 Å². The minimum absolute atomic E-state index is 0.614. The van der Waals surface area contributed by atoms with Crippen LogP contribution in [-0.2, 0) is 22.7 Å². The number of piperidine rings is 2. The molecule has 0 atom stereocenters. The Labute approximate surface area is 226 Å². The summed E-state index contributed by atoms with van der Waals surface area (Å²) in [5.74, 6) is -5.51. The summed E-state index contributed by atoms with van der Waals surface area (Å²) in [5, 5.41) is 14.2. The third-order valence-electron chi connectivity index (χ3n) is 6.61. The number of carbonyl (C=O) groups is 2. The van der Waals surface area contributed by atoms with Crippen LogP contribution in [0.1, 0.15) is 41.1 Å². The summed E-state index contributed by atoms with van der Waals surface area (Å²) in [5.41, 5.74) is 1.82. The van der Waals surface area contributed by atoms with Crippen molar-refractivity contribution in [2.45, 2.75) is 58.0 Å². The Morgan fingerprint density at radius 3 is 1.67 bits per heavy atom. The molecule has 0 aromatic carbocycles. The van der Waals surface area contributed by atoms with E-state index in [0.29, 0.717) is 5.41 Å². The van der Waals surface area contributed by atoms with E-state index in [2.05, 4.69) is 46.0 Å². The van der Waals surface area contributed by atoms with E-state index in [-0.39, 0.29) is 0 Å². The summed E-state index contributed by atoms with van der Waals surface area (Å²) >= 11 is 1.96. The number of alkyl halides is 6. The molecule has 2 N–H and O–H groups in total. The lowest BCUT2D eigenvalue weighted by Gasteiger charge is -2.47. The molecular formula is C25H31F6N3O4S. The third-order valence-corrected chi connectivity index (χ3v) is 7.59. The first-order valence-corrected chi connectivity index (χ1v) is 12.9. The van der Waals surface area contributed by atoms with Crippen LogP contribution in [0.5, 0.6) is 0 Å². The molecule has 4 rings (SSSR count). The number of pyridine rings is 1. The molecule has 0 amide bonds. The van der Waals surface area contributed by atoms with Crippen LogP contribution in [0.15, 0.2) is 36.5 Å². The zero-order valence-electron chi connectivity index (χ0n) is 21.3. The van der Waals surface area contributed by atoms with Crippen molar-refractivity contribution in [1.82, 2.24) is 14.8 Å². The fourth-order valence-corrected chi connectivity index (χ4v) is 5.32. The van der Waals surface area contributed by atoms with Gasteiger partial charge in [0, 0.05) is 29.0 Å². The molecule has 0 radical (unpaired) electrons. The fraction of sp³-hybridized carbons (Fsp3) is 0.560. The topological polar surface area (TPSA) is 94.0 Å². The molecule has 2 aliphatic heterocycles. The van der Waals surface area contributed by atoms with E-state index in [9.17, 15) is 26.3 Å². The number of rotatable bonds is 4. The Bertz CT molecular complexity index is 1020. The van der Waals surface area contributed by atoms with Crippen LogP contribution in [-0.4, -0.2) is 75.5 Å². The number of carboxylic acids is 2. The van der Waals surface area contributed by atoms with Gasteiger partial charge in [0.05, 0.1) is 5.69 Å². The van der Waals surface area contributed by atoms with E-state index in [0.717, 1.165) is 13.1 Å². The fourth-order valence-electron chi connectivity index (χ4n) is 4.38. The van der Waals surface area contributed by atoms with Gasteiger partial charge in [-0.3, -0.25) is 14.8 Å². The van der Waals surface area contributed by atoms with Gasteiger partial charge in [-0.05, 0) is 88.5 Å². The Kier molecular flexibility index (Phi) is 11.7. The second kappa shape index (κ2) is 14.1. The molecule has 4 heterocycles. The number of nitrogens with zero attached hydrogens (tertiary/aromatic N) is 3. The number of aliphatic carboxylic acids is 2. The lowest BCUT2D eigenvalue weighted by atomic mass is 9.71. The first-order chi connectivity index (χ1) is 18.1. The molecule has 2 fully saturated rings. The maximum absolute atomic E-state index is 10.6. The summed E-state index contributed by atoms with van der Waals surface area (Å²) in [6.45, 7) is 9.40. The first-order valence-electron chi connectivity index (χ1n) is 12.1. The summed E-state index contributed by atoms with van der Waals surface area (Å²) in [7, 11) is 0. The Morgan fingerprint density at radius 1 is 0.846 bits per heavy atom. The predicted molar refractivity (Wildman–Crippen MR) is 132 cm³/mol. The van der Waals surface area contributed by atoms with Crippen molar-refractivity contribution in [3.63, 3.8) is 0 Å². The van der Waals surface area contributed by atoms with Crippen LogP contribution in [0, 0.1) is 12.3 Å². The molecular weight excluding hydrogens is 552 g/mol. The van der Waals surface area contributed by atoms with Crippen molar-refractivity contribution in [3.05, 3.63) is 52.0 Å². The molecule has 14 heteroatoms. The molecule has 218 valence electrons. The minimum atomic E-state index is -5.08. The van der Waals surface area contributed by atoms with Gasteiger partial charge in [0.2, 0.25) is 0 Å². The van der Waals surface area contributed by atoms with Crippen molar-refractivity contribution in [2.24, 2.45) is 5.41 Å². The van der Waals surface area contributed by atoms with Crippen LogP contribution in [0.2, 0.25) is 0 Å². The molecule has 2 aromatic heterocycles. The second-order valence-corrected chi connectivity index (χ2v) is 10.9. The lowest BCUT2D eigenvalue weighted by molar-refractivity contribution is -0.193. The summed E-state index contributed by atoms with van der Waals surface area (Å²) < 4.78 is 63.5. The third kappa shape index (κ3) is 11.5. The number of likely N-dealkylation sites (tertiary alicyclic amines) is 2. The highest BCUT2D eigenvalue weighted by molar-refractivity contribution is 7.11. The molecule has 39 heavy (non-hydrogen) atoms. The van der Waals surface area contributed by atoms with Gasteiger partial charge < -0.3 is 10.2 Å². The highest BCUT2D eigenvalue weighted by Gasteiger charge is 2.39. The van der Waals surface area contributed by atoms with Crippen molar-refractivity contribution in [3.8, 4) is 0 Å². The normalized spacial score (nSPS) is 17.9. The van der Waals surface area contributed by atoms with Gasteiger partial charge in [0.25, 0.3) is 0 Å². The smallest absolute Gasteiger partial charge is 0.475 e. The zero-order chi connectivity index (χ0) is 29.3. The Balaban J connectivity index is 0.000000317. The summed E-state index contributed by atoms with van der Waals surface area (Å²) in [4.78, 5) is 30.5. The van der Waals surface area contributed by atoms with E-state index >= 15 is 0 Å². The van der Waals surface area contributed by atoms with Gasteiger partial charge in [-0.15, -0.1) is 11.3 Å². The predicted octanol–water partition coefficient (Wildman–Crippen LogP) is 5.60. The van der Waals surface area contributed by atoms with E-state index < -0.39 is 24.3 Å². The average molecular weight is 584 g/mol. The van der Waals surface area contributed by atoms with E-state index in [1.165, 1.54) is 67.3 Å². The van der Waals surface area contributed by atoms with Gasteiger partial charge in [0.1, 0.15) is 0 Å². The molecule has 0 aliphatic carbocycles. The van der Waals surface area contributed by atoms with Gasteiger partial charge in [-0.25, -0.2) is 9.59 Å². The molecule has 0 saturated carbocycles. The van der Waals surface area contributed by atoms with Crippen LogP contribution in [0.3, 0.4) is 0 Å². The number of aromatic nitrogens is 1. The van der Waals surface area contributed by atoms with Gasteiger partial charge in [0.15, 0.2) is 0 Å². The van der Waals surface area contributed by atoms with E-state index in [1.807, 2.05) is 23.6 Å². The van der Waals surface area contributed by atoms with Crippen LogP contribution in [0.25, 0.3) is 0 Å². The molecule has 2 saturated heterocycles. The van der Waals surface area contributed by atoms with Crippen molar-refractivity contribution >= 4 is 23.3 Å². The molecule has 0 unspecified atom stereocenters. The SMILES string of the molecule is Cc1ccc(CN2CCC3(CCN(Cc4ccccn4)CC3)CC2)s1.O=C(O)C(F)(F)F.O=C(O)C(F)(F)F. The van der Waals surface area contributed by atoms with E-state index in [4.69, 9.17) is 19.8 Å². The van der Waals surface area contributed by atoms with Crippen LogP contribution in [0.4, 0.5) is 26.3 Å². The second-order valence-electron chi connectivity index (χ2n) is 9.49. The van der Waals surface area contributed by atoms with E-state index in [1.54, 1.807) is 0 Å². The quantitative estimate of drug-likeness (QED) is 0.453. The number of aryl methyl sites for hydroxylation is 1. The molecule has 7 nitrogen and oxygen atoms in total. The number of carboxylic acid groups (broad SMARTS) is 2. The number of hydrogen-bond donors (Lipinski definition) is 2. The Hall–Kier alpha value is -2.71.